The van der Waals surface area contributed by atoms with Crippen LogP contribution in [0.3, 0.4) is 0 Å². The van der Waals surface area contributed by atoms with Crippen LogP contribution in [-0.2, 0) is 4.79 Å². The van der Waals surface area contributed by atoms with E-state index in [1.807, 2.05) is 0 Å². The van der Waals surface area contributed by atoms with E-state index in [9.17, 15) is 20.1 Å². The van der Waals surface area contributed by atoms with E-state index in [-0.39, 0.29) is 18.9 Å². The van der Waals surface area contributed by atoms with E-state index in [1.54, 1.807) is 0 Å². The number of hydrogen-bond donors (Lipinski definition) is 4. The molecule has 0 rings (SSSR count). The number of hydrogen-bond acceptors (Lipinski definition) is 4. The Morgan fingerprint density at radius 2 is 0.930 bits per heavy atom. The summed E-state index contributed by atoms with van der Waals surface area (Å²) in [5, 5.41) is 33.2. The lowest BCUT2D eigenvalue weighted by molar-refractivity contribution is -0.125. The highest BCUT2D eigenvalue weighted by molar-refractivity contribution is 5.76. The van der Waals surface area contributed by atoms with Crippen LogP contribution in [-0.4, -0.2) is 46.1 Å². The zero-order valence-electron chi connectivity index (χ0n) is 28.8. The molecule has 0 aliphatic carbocycles. The molecule has 0 spiro atoms. The minimum atomic E-state index is -0.746. The monoisotopic (exact) mass is 610 g/mol. The normalized spacial score (nSPS) is 13.9. The van der Waals surface area contributed by atoms with Gasteiger partial charge in [0.05, 0.1) is 31.3 Å². The summed E-state index contributed by atoms with van der Waals surface area (Å²) in [7, 11) is 0. The van der Waals surface area contributed by atoms with Crippen LogP contribution in [0.1, 0.15) is 200 Å². The van der Waals surface area contributed by atoms with Crippen molar-refractivity contribution in [2.24, 2.45) is 0 Å². The molecule has 0 aromatic carbocycles. The Hall–Kier alpha value is -0.910. The maximum absolute atomic E-state index is 12.4. The van der Waals surface area contributed by atoms with Gasteiger partial charge in [-0.1, -0.05) is 167 Å². The van der Waals surface area contributed by atoms with Crippen LogP contribution in [0.25, 0.3) is 0 Å². The molecule has 0 fully saturated rings. The van der Waals surface area contributed by atoms with Crippen molar-refractivity contribution in [1.82, 2.24) is 5.32 Å². The van der Waals surface area contributed by atoms with Crippen molar-refractivity contribution in [1.29, 1.82) is 0 Å². The summed E-state index contributed by atoms with van der Waals surface area (Å²) < 4.78 is 0. The molecule has 5 heteroatoms. The Kier molecular flexibility index (Phi) is 33.3. The maximum Gasteiger partial charge on any atom is 0.222 e. The summed E-state index contributed by atoms with van der Waals surface area (Å²) in [5.74, 6) is -0.289. The first kappa shape index (κ1) is 42.1. The summed E-state index contributed by atoms with van der Waals surface area (Å²) in [5.41, 5.74) is 0. The fraction of sp³-hybridized carbons (Fsp3) is 0.921. The first-order valence-corrected chi connectivity index (χ1v) is 19.0. The molecule has 5 nitrogen and oxygen atoms in total. The van der Waals surface area contributed by atoms with Crippen molar-refractivity contribution >= 4 is 5.91 Å². The Morgan fingerprint density at radius 3 is 1.35 bits per heavy atom. The Bertz CT molecular complexity index is 596. The van der Waals surface area contributed by atoms with E-state index in [2.05, 4.69) is 31.3 Å². The highest BCUT2D eigenvalue weighted by Crippen LogP contribution is 2.15. The van der Waals surface area contributed by atoms with Crippen molar-refractivity contribution in [3.63, 3.8) is 0 Å². The van der Waals surface area contributed by atoms with E-state index < -0.39 is 18.2 Å². The van der Waals surface area contributed by atoms with Crippen molar-refractivity contribution in [2.75, 3.05) is 6.61 Å². The molecule has 256 valence electrons. The number of allylic oxidation sites excluding steroid dienone is 2. The van der Waals surface area contributed by atoms with Gasteiger partial charge in [-0.25, -0.2) is 0 Å². The number of unbranched alkanes of at least 4 members (excludes halogenated alkanes) is 23. The highest BCUT2D eigenvalue weighted by atomic mass is 16.3. The van der Waals surface area contributed by atoms with Crippen LogP contribution in [0.5, 0.6) is 0 Å². The summed E-state index contributed by atoms with van der Waals surface area (Å²) in [4.78, 5) is 12.4. The van der Waals surface area contributed by atoms with Crippen LogP contribution >= 0.6 is 0 Å². The molecule has 1 amide bonds. The van der Waals surface area contributed by atoms with Gasteiger partial charge in [0.15, 0.2) is 0 Å². The molecule has 0 aliphatic rings. The summed E-state index contributed by atoms with van der Waals surface area (Å²) in [6.07, 6.45) is 37.3. The highest BCUT2D eigenvalue weighted by Gasteiger charge is 2.21. The standard InChI is InChI=1S/C38H75NO4/c1-3-5-7-9-11-13-15-16-17-18-19-20-22-23-25-27-29-31-35(41)33-38(43)39-36(34-40)37(42)32-30-28-26-24-21-14-12-10-8-6-4-2/h18-19,35-37,40-42H,3-17,20-34H2,1-2H3,(H,39,43)/b19-18-. The van der Waals surface area contributed by atoms with Gasteiger partial charge in [0.1, 0.15) is 0 Å². The second kappa shape index (κ2) is 34.0. The van der Waals surface area contributed by atoms with Crippen LogP contribution in [0.2, 0.25) is 0 Å². The van der Waals surface area contributed by atoms with Gasteiger partial charge in [-0.3, -0.25) is 4.79 Å². The molecule has 3 atom stereocenters. The lowest BCUT2D eigenvalue weighted by Crippen LogP contribution is -2.46. The number of amides is 1. The van der Waals surface area contributed by atoms with Gasteiger partial charge < -0.3 is 20.6 Å². The minimum absolute atomic E-state index is 0.0331. The average Bonchev–Trinajstić information content (AvgIpc) is 3.00. The third-order valence-electron chi connectivity index (χ3n) is 8.83. The number of nitrogens with one attached hydrogen (secondary N) is 1. The fourth-order valence-electron chi connectivity index (χ4n) is 5.87. The first-order valence-electron chi connectivity index (χ1n) is 19.0. The Labute approximate surface area is 268 Å². The van der Waals surface area contributed by atoms with Crippen molar-refractivity contribution < 1.29 is 20.1 Å². The summed E-state index contributed by atoms with van der Waals surface area (Å²) in [6.45, 7) is 4.24. The van der Waals surface area contributed by atoms with E-state index in [1.165, 1.54) is 135 Å². The van der Waals surface area contributed by atoms with E-state index in [0.717, 1.165) is 32.1 Å². The summed E-state index contributed by atoms with van der Waals surface area (Å²) >= 11 is 0. The third-order valence-corrected chi connectivity index (χ3v) is 8.83. The molecule has 0 aromatic heterocycles. The SMILES string of the molecule is CCCCCCCCCC/C=C\CCCCCCCC(O)CC(=O)NC(CO)C(O)CCCCCCCCCCCCC. The zero-order valence-corrected chi connectivity index (χ0v) is 28.8. The van der Waals surface area contributed by atoms with Crippen molar-refractivity contribution in [3.8, 4) is 0 Å². The van der Waals surface area contributed by atoms with Gasteiger partial charge >= 0.3 is 0 Å². The van der Waals surface area contributed by atoms with Gasteiger partial charge in [-0.15, -0.1) is 0 Å². The molecule has 0 heterocycles. The predicted molar refractivity (Wildman–Crippen MR) is 185 cm³/mol. The Morgan fingerprint density at radius 1 is 0.558 bits per heavy atom. The lowest BCUT2D eigenvalue weighted by Gasteiger charge is -2.23. The van der Waals surface area contributed by atoms with Gasteiger partial charge in [0.25, 0.3) is 0 Å². The van der Waals surface area contributed by atoms with E-state index >= 15 is 0 Å². The quantitative estimate of drug-likeness (QED) is 0.0432. The molecule has 0 saturated heterocycles. The summed E-state index contributed by atoms with van der Waals surface area (Å²) in [6, 6.07) is -0.655. The second-order valence-electron chi connectivity index (χ2n) is 13.2. The van der Waals surface area contributed by atoms with Crippen molar-refractivity contribution in [3.05, 3.63) is 12.2 Å². The lowest BCUT2D eigenvalue weighted by atomic mass is 10.0. The molecule has 4 N–H and O–H groups in total. The molecule has 3 unspecified atom stereocenters. The van der Waals surface area contributed by atoms with Gasteiger partial charge in [-0.05, 0) is 38.5 Å². The molecule has 0 radical (unpaired) electrons. The number of aliphatic hydroxyl groups is 3. The number of aliphatic hydroxyl groups excluding tert-OH is 3. The first-order chi connectivity index (χ1) is 21.0. The smallest absolute Gasteiger partial charge is 0.222 e. The average molecular weight is 610 g/mol. The third kappa shape index (κ3) is 30.9. The second-order valence-corrected chi connectivity index (χ2v) is 13.2. The molecule has 0 bridgehead atoms. The van der Waals surface area contributed by atoms with Gasteiger partial charge in [0.2, 0.25) is 5.91 Å². The van der Waals surface area contributed by atoms with Crippen LogP contribution in [0.4, 0.5) is 0 Å². The van der Waals surface area contributed by atoms with Crippen molar-refractivity contribution in [2.45, 2.75) is 218 Å². The zero-order chi connectivity index (χ0) is 31.6. The predicted octanol–water partition coefficient (Wildman–Crippen LogP) is 10.1. The van der Waals surface area contributed by atoms with Crippen LogP contribution in [0, 0.1) is 0 Å². The van der Waals surface area contributed by atoms with Gasteiger partial charge in [-0.2, -0.15) is 0 Å². The molecular formula is C38H75NO4. The fourth-order valence-corrected chi connectivity index (χ4v) is 5.87. The molecular weight excluding hydrogens is 534 g/mol. The molecule has 43 heavy (non-hydrogen) atoms. The van der Waals surface area contributed by atoms with Gasteiger partial charge in [0, 0.05) is 0 Å². The molecule has 0 saturated carbocycles. The number of rotatable bonds is 34. The molecule has 0 aromatic rings. The van der Waals surface area contributed by atoms with Crippen LogP contribution in [0.15, 0.2) is 12.2 Å². The Balaban J connectivity index is 3.66. The minimum Gasteiger partial charge on any atom is -0.394 e. The molecule has 0 aliphatic heterocycles. The van der Waals surface area contributed by atoms with E-state index in [4.69, 9.17) is 0 Å². The largest absolute Gasteiger partial charge is 0.394 e. The topological polar surface area (TPSA) is 89.8 Å². The van der Waals surface area contributed by atoms with E-state index in [0.29, 0.717) is 12.8 Å². The maximum atomic E-state index is 12.4. The van der Waals surface area contributed by atoms with Crippen LogP contribution < -0.4 is 5.32 Å². The number of carbonyl (C=O) groups excluding carboxylic acids is 1. The number of carbonyl (C=O) groups is 1.